The van der Waals surface area contributed by atoms with Gasteiger partial charge in [-0.2, -0.15) is 0 Å². The Kier molecular flexibility index (Phi) is 2.68. The van der Waals surface area contributed by atoms with Crippen LogP contribution in [0.2, 0.25) is 0 Å². The molecule has 0 aromatic heterocycles. The lowest BCUT2D eigenvalue weighted by Gasteiger charge is -2.28. The van der Waals surface area contributed by atoms with Crippen molar-refractivity contribution < 1.29 is 13.9 Å². The molecular weight excluding hydrogens is 209 g/mol. The van der Waals surface area contributed by atoms with Gasteiger partial charge in [-0.15, -0.1) is 0 Å². The van der Waals surface area contributed by atoms with Crippen molar-refractivity contribution >= 4 is 6.09 Å². The molecule has 2 rings (SSSR count). The summed E-state index contributed by atoms with van der Waals surface area (Å²) < 4.78 is 18.9. The van der Waals surface area contributed by atoms with Crippen molar-refractivity contribution in [2.45, 2.75) is 51.4 Å². The van der Waals surface area contributed by atoms with Crippen molar-refractivity contribution in [2.24, 2.45) is 0 Å². The molecule has 1 aliphatic heterocycles. The second-order valence-corrected chi connectivity index (χ2v) is 5.41. The van der Waals surface area contributed by atoms with E-state index in [4.69, 9.17) is 4.74 Å². The highest BCUT2D eigenvalue weighted by Crippen LogP contribution is 2.35. The molecule has 1 saturated heterocycles. The number of ether oxygens (including phenoxy) is 1. The van der Waals surface area contributed by atoms with E-state index in [2.05, 4.69) is 0 Å². The van der Waals surface area contributed by atoms with Gasteiger partial charge in [0.1, 0.15) is 11.8 Å². The molecule has 0 aromatic carbocycles. The van der Waals surface area contributed by atoms with Gasteiger partial charge in [0.25, 0.3) is 0 Å². The van der Waals surface area contributed by atoms with Gasteiger partial charge in [0, 0.05) is 6.54 Å². The molecule has 0 N–H and O–H groups in total. The van der Waals surface area contributed by atoms with E-state index in [1.165, 1.54) is 4.90 Å². The third-order valence-electron chi connectivity index (χ3n) is 2.77. The topological polar surface area (TPSA) is 29.5 Å². The number of halogens is 1. The molecule has 1 heterocycles. The zero-order valence-electron chi connectivity index (χ0n) is 10.00. The van der Waals surface area contributed by atoms with Gasteiger partial charge in [-0.1, -0.05) is 6.08 Å². The van der Waals surface area contributed by atoms with Crippen LogP contribution in [0.15, 0.2) is 11.6 Å². The molecule has 1 amide bonds. The standard InChI is InChI=1S/C12H18FNO2/c1-12(2,3)16-11(15)14-7-6-9(13)10(14)8-4-5-8/h4,9-10H,5-7H2,1-3H3. The molecule has 0 bridgehead atoms. The van der Waals surface area contributed by atoms with Crippen molar-refractivity contribution in [3.05, 3.63) is 11.6 Å². The van der Waals surface area contributed by atoms with Crippen LogP contribution in [0.25, 0.3) is 0 Å². The average molecular weight is 227 g/mol. The van der Waals surface area contributed by atoms with E-state index >= 15 is 0 Å². The number of carbonyl (C=O) groups excluding carboxylic acids is 1. The predicted molar refractivity (Wildman–Crippen MR) is 58.9 cm³/mol. The maximum atomic E-state index is 13.6. The van der Waals surface area contributed by atoms with Gasteiger partial charge in [0.05, 0.1) is 6.04 Å². The van der Waals surface area contributed by atoms with Crippen LogP contribution in [0.5, 0.6) is 0 Å². The summed E-state index contributed by atoms with van der Waals surface area (Å²) >= 11 is 0. The van der Waals surface area contributed by atoms with E-state index in [-0.39, 0.29) is 6.04 Å². The van der Waals surface area contributed by atoms with Gasteiger partial charge in [-0.25, -0.2) is 9.18 Å². The third kappa shape index (κ3) is 2.36. The van der Waals surface area contributed by atoms with Gasteiger partial charge in [-0.3, -0.25) is 4.90 Å². The number of nitrogens with zero attached hydrogens (tertiary/aromatic N) is 1. The first-order valence-corrected chi connectivity index (χ1v) is 5.71. The first-order valence-electron chi connectivity index (χ1n) is 5.71. The van der Waals surface area contributed by atoms with Gasteiger partial charge in [0.15, 0.2) is 0 Å². The summed E-state index contributed by atoms with van der Waals surface area (Å²) in [7, 11) is 0. The highest BCUT2D eigenvalue weighted by Gasteiger charge is 2.43. The van der Waals surface area contributed by atoms with E-state index in [1.54, 1.807) is 0 Å². The summed E-state index contributed by atoms with van der Waals surface area (Å²) in [4.78, 5) is 13.4. The first-order chi connectivity index (χ1) is 7.38. The second kappa shape index (κ2) is 3.75. The Morgan fingerprint density at radius 2 is 2.19 bits per heavy atom. The number of hydrogen-bond donors (Lipinski definition) is 0. The van der Waals surface area contributed by atoms with E-state index in [0.717, 1.165) is 12.0 Å². The third-order valence-corrected chi connectivity index (χ3v) is 2.77. The fourth-order valence-electron chi connectivity index (χ4n) is 2.01. The van der Waals surface area contributed by atoms with Gasteiger partial charge in [0.2, 0.25) is 0 Å². The molecular formula is C12H18FNO2. The van der Waals surface area contributed by atoms with Crippen molar-refractivity contribution in [3.8, 4) is 0 Å². The molecule has 90 valence electrons. The van der Waals surface area contributed by atoms with Gasteiger partial charge >= 0.3 is 6.09 Å². The minimum atomic E-state index is -0.929. The minimum Gasteiger partial charge on any atom is -0.444 e. The SMILES string of the molecule is CC(C)(C)OC(=O)N1CCC(F)C1C1=CC1. The van der Waals surface area contributed by atoms with Crippen molar-refractivity contribution in [2.75, 3.05) is 6.54 Å². The zero-order chi connectivity index (χ0) is 11.9. The number of likely N-dealkylation sites (tertiary alicyclic amines) is 1. The number of carbonyl (C=O) groups is 1. The number of allylic oxidation sites excluding steroid dienone is 1. The summed E-state index contributed by atoms with van der Waals surface area (Å²) in [6, 6.07) is -0.366. The quantitative estimate of drug-likeness (QED) is 0.644. The lowest BCUT2D eigenvalue weighted by atomic mass is 10.1. The molecule has 0 saturated carbocycles. The Morgan fingerprint density at radius 3 is 2.69 bits per heavy atom. The molecule has 0 radical (unpaired) electrons. The van der Waals surface area contributed by atoms with Crippen LogP contribution in [0, 0.1) is 0 Å². The highest BCUT2D eigenvalue weighted by molar-refractivity contribution is 5.70. The molecule has 4 heteroatoms. The molecule has 1 fully saturated rings. The van der Waals surface area contributed by atoms with E-state index in [9.17, 15) is 9.18 Å². The average Bonchev–Trinajstić information content (AvgIpc) is 2.87. The minimum absolute atomic E-state index is 0.366. The number of hydrogen-bond acceptors (Lipinski definition) is 2. The fourth-order valence-corrected chi connectivity index (χ4v) is 2.01. The fraction of sp³-hybridized carbons (Fsp3) is 0.750. The lowest BCUT2D eigenvalue weighted by Crippen LogP contribution is -2.41. The number of amides is 1. The lowest BCUT2D eigenvalue weighted by molar-refractivity contribution is 0.0229. The van der Waals surface area contributed by atoms with E-state index in [1.807, 2.05) is 26.8 Å². The number of alkyl halides is 1. The summed E-state index contributed by atoms with van der Waals surface area (Å²) in [5.74, 6) is 0. The molecule has 2 atom stereocenters. The predicted octanol–water partition coefficient (Wildman–Crippen LogP) is 2.66. The number of rotatable bonds is 1. The molecule has 1 aliphatic carbocycles. The first kappa shape index (κ1) is 11.4. The summed E-state index contributed by atoms with van der Waals surface area (Å²) in [5, 5.41) is 0. The molecule has 16 heavy (non-hydrogen) atoms. The van der Waals surface area contributed by atoms with Gasteiger partial charge < -0.3 is 4.74 Å². The van der Waals surface area contributed by atoms with Crippen LogP contribution in [0.3, 0.4) is 0 Å². The van der Waals surface area contributed by atoms with Crippen molar-refractivity contribution in [1.82, 2.24) is 4.90 Å². The van der Waals surface area contributed by atoms with Crippen LogP contribution in [0.1, 0.15) is 33.6 Å². The van der Waals surface area contributed by atoms with Crippen LogP contribution < -0.4 is 0 Å². The molecule has 2 unspecified atom stereocenters. The van der Waals surface area contributed by atoms with Crippen LogP contribution in [-0.4, -0.2) is 35.4 Å². The van der Waals surface area contributed by atoms with Crippen LogP contribution in [0.4, 0.5) is 9.18 Å². The molecule has 0 aromatic rings. The maximum absolute atomic E-state index is 13.6. The maximum Gasteiger partial charge on any atom is 0.410 e. The van der Waals surface area contributed by atoms with Crippen LogP contribution in [-0.2, 0) is 4.74 Å². The Hall–Kier alpha value is -1.06. The summed E-state index contributed by atoms with van der Waals surface area (Å²) in [6.45, 7) is 5.91. The van der Waals surface area contributed by atoms with Crippen molar-refractivity contribution in [1.29, 1.82) is 0 Å². The van der Waals surface area contributed by atoms with E-state index in [0.29, 0.717) is 13.0 Å². The zero-order valence-corrected chi connectivity index (χ0v) is 10.00. The Bertz CT molecular complexity index is 332. The Labute approximate surface area is 95.3 Å². The molecule has 3 nitrogen and oxygen atoms in total. The molecule has 0 spiro atoms. The van der Waals surface area contributed by atoms with E-state index < -0.39 is 17.9 Å². The summed E-state index contributed by atoms with van der Waals surface area (Å²) in [6.07, 6.45) is 1.90. The smallest absolute Gasteiger partial charge is 0.410 e. The summed E-state index contributed by atoms with van der Waals surface area (Å²) in [5.41, 5.74) is 0.518. The second-order valence-electron chi connectivity index (χ2n) is 5.41. The largest absolute Gasteiger partial charge is 0.444 e. The monoisotopic (exact) mass is 227 g/mol. The highest BCUT2D eigenvalue weighted by atomic mass is 19.1. The normalized spacial score (nSPS) is 29.0. The van der Waals surface area contributed by atoms with Gasteiger partial charge in [-0.05, 0) is 39.2 Å². The Balaban J connectivity index is 2.03. The van der Waals surface area contributed by atoms with Crippen LogP contribution >= 0.6 is 0 Å². The Morgan fingerprint density at radius 1 is 1.56 bits per heavy atom. The van der Waals surface area contributed by atoms with Crippen molar-refractivity contribution in [3.63, 3.8) is 0 Å². The molecule has 2 aliphatic rings.